The summed E-state index contributed by atoms with van der Waals surface area (Å²) in [7, 11) is 0. The van der Waals surface area contributed by atoms with Gasteiger partial charge in [0.25, 0.3) is 0 Å². The zero-order chi connectivity index (χ0) is 15.7. The molecule has 1 saturated carbocycles. The van der Waals surface area contributed by atoms with Gasteiger partial charge >= 0.3 is 12.1 Å². The lowest BCUT2D eigenvalue weighted by Gasteiger charge is -2.36. The molecule has 1 aliphatic rings. The van der Waals surface area contributed by atoms with Crippen LogP contribution in [0.3, 0.4) is 0 Å². The first kappa shape index (κ1) is 15.3. The first-order valence-corrected chi connectivity index (χ1v) is 6.43. The quantitative estimate of drug-likeness (QED) is 0.896. The summed E-state index contributed by atoms with van der Waals surface area (Å²) in [6.07, 6.45) is -3.14. The van der Waals surface area contributed by atoms with E-state index in [1.165, 1.54) is 12.1 Å². The Hall–Kier alpha value is -2.05. The molecule has 1 aromatic rings. The molecule has 2 rings (SSSR count). The van der Waals surface area contributed by atoms with Crippen molar-refractivity contribution in [3.8, 4) is 0 Å². The van der Waals surface area contributed by atoms with Gasteiger partial charge in [-0.25, -0.2) is 0 Å². The van der Waals surface area contributed by atoms with Gasteiger partial charge in [0, 0.05) is 12.1 Å². The zero-order valence-electron chi connectivity index (χ0n) is 11.0. The van der Waals surface area contributed by atoms with E-state index >= 15 is 0 Å². The average Bonchev–Trinajstić information content (AvgIpc) is 2.32. The fourth-order valence-corrected chi connectivity index (χ4v) is 2.36. The molecule has 1 amide bonds. The number of carboxylic acids is 1. The molecule has 114 valence electrons. The van der Waals surface area contributed by atoms with E-state index in [1.54, 1.807) is 0 Å². The summed E-state index contributed by atoms with van der Waals surface area (Å²) in [5.74, 6) is -1.62. The fraction of sp³-hybridized carbons (Fsp3) is 0.429. The summed E-state index contributed by atoms with van der Waals surface area (Å²) in [6.45, 7) is 0. The minimum Gasteiger partial charge on any atom is -0.481 e. The second-order valence-electron chi connectivity index (χ2n) is 5.24. The number of anilines is 1. The van der Waals surface area contributed by atoms with Crippen LogP contribution in [-0.4, -0.2) is 17.0 Å². The van der Waals surface area contributed by atoms with Gasteiger partial charge in [-0.05, 0) is 31.0 Å². The van der Waals surface area contributed by atoms with Crippen molar-refractivity contribution >= 4 is 17.6 Å². The Morgan fingerprint density at radius 2 is 1.95 bits per heavy atom. The highest BCUT2D eigenvalue weighted by Crippen LogP contribution is 2.44. The van der Waals surface area contributed by atoms with Crippen molar-refractivity contribution in [3.63, 3.8) is 0 Å². The van der Waals surface area contributed by atoms with Crippen LogP contribution in [0.25, 0.3) is 0 Å². The van der Waals surface area contributed by atoms with Gasteiger partial charge in [0.1, 0.15) is 0 Å². The van der Waals surface area contributed by atoms with Gasteiger partial charge in [0.15, 0.2) is 0 Å². The first-order chi connectivity index (χ1) is 9.73. The Morgan fingerprint density at radius 3 is 2.43 bits per heavy atom. The minimum atomic E-state index is -4.49. The number of alkyl halides is 3. The second kappa shape index (κ2) is 5.38. The fourth-order valence-electron chi connectivity index (χ4n) is 2.36. The first-order valence-electron chi connectivity index (χ1n) is 6.43. The third-order valence-electron chi connectivity index (χ3n) is 3.74. The maximum atomic E-state index is 12.6. The van der Waals surface area contributed by atoms with E-state index in [4.69, 9.17) is 5.11 Å². The lowest BCUT2D eigenvalue weighted by molar-refractivity contribution is -0.157. The predicted molar refractivity (Wildman–Crippen MR) is 68.6 cm³/mol. The summed E-state index contributed by atoms with van der Waals surface area (Å²) in [5, 5.41) is 11.5. The molecule has 1 aromatic carbocycles. The molecular formula is C14H14F3NO3. The van der Waals surface area contributed by atoms with Crippen molar-refractivity contribution in [2.45, 2.75) is 31.9 Å². The number of amides is 1. The van der Waals surface area contributed by atoms with E-state index in [1.807, 2.05) is 0 Å². The van der Waals surface area contributed by atoms with E-state index < -0.39 is 29.0 Å². The Balaban J connectivity index is 2.05. The normalized spacial score (nSPS) is 16.9. The molecule has 4 nitrogen and oxygen atoms in total. The summed E-state index contributed by atoms with van der Waals surface area (Å²) in [4.78, 5) is 23.0. The highest BCUT2D eigenvalue weighted by atomic mass is 19.4. The van der Waals surface area contributed by atoms with Gasteiger partial charge in [-0.2, -0.15) is 13.2 Å². The van der Waals surface area contributed by atoms with Crippen LogP contribution in [0.1, 0.15) is 31.2 Å². The van der Waals surface area contributed by atoms with Crippen molar-refractivity contribution in [2.24, 2.45) is 5.41 Å². The molecule has 1 fully saturated rings. The van der Waals surface area contributed by atoms with Crippen LogP contribution in [0, 0.1) is 5.41 Å². The van der Waals surface area contributed by atoms with Crippen LogP contribution in [0.2, 0.25) is 0 Å². The molecule has 7 heteroatoms. The van der Waals surface area contributed by atoms with Crippen molar-refractivity contribution in [2.75, 3.05) is 5.32 Å². The van der Waals surface area contributed by atoms with Crippen LogP contribution in [0.5, 0.6) is 0 Å². The molecule has 1 aliphatic carbocycles. The summed E-state index contributed by atoms with van der Waals surface area (Å²) in [6, 6.07) is 4.25. The SMILES string of the molecule is O=C(CC1(C(=O)O)CCC1)Nc1cccc(C(F)(F)F)c1. The maximum absolute atomic E-state index is 12.6. The monoisotopic (exact) mass is 301 g/mol. The Morgan fingerprint density at radius 1 is 1.29 bits per heavy atom. The standard InChI is InChI=1S/C14H14F3NO3/c15-14(16,17)9-3-1-4-10(7-9)18-11(19)8-13(12(20)21)5-2-6-13/h1,3-4,7H,2,5-6,8H2,(H,18,19)(H,20,21). The number of benzene rings is 1. The molecule has 0 aliphatic heterocycles. The molecular weight excluding hydrogens is 287 g/mol. The zero-order valence-corrected chi connectivity index (χ0v) is 11.0. The molecule has 0 radical (unpaired) electrons. The van der Waals surface area contributed by atoms with E-state index in [-0.39, 0.29) is 12.1 Å². The van der Waals surface area contributed by atoms with Crippen molar-refractivity contribution in [3.05, 3.63) is 29.8 Å². The molecule has 0 heterocycles. The molecule has 0 saturated heterocycles. The van der Waals surface area contributed by atoms with Crippen LogP contribution in [-0.2, 0) is 15.8 Å². The molecule has 0 bridgehead atoms. The van der Waals surface area contributed by atoms with Gasteiger partial charge in [0.2, 0.25) is 5.91 Å². The average molecular weight is 301 g/mol. The number of hydrogen-bond acceptors (Lipinski definition) is 2. The van der Waals surface area contributed by atoms with Crippen LogP contribution in [0.15, 0.2) is 24.3 Å². The summed E-state index contributed by atoms with van der Waals surface area (Å²) in [5.41, 5.74) is -1.92. The second-order valence-corrected chi connectivity index (χ2v) is 5.24. The van der Waals surface area contributed by atoms with Crippen molar-refractivity contribution in [1.29, 1.82) is 0 Å². The third-order valence-corrected chi connectivity index (χ3v) is 3.74. The summed E-state index contributed by atoms with van der Waals surface area (Å²) < 4.78 is 37.7. The largest absolute Gasteiger partial charge is 0.481 e. The van der Waals surface area contributed by atoms with Gasteiger partial charge in [-0.3, -0.25) is 9.59 Å². The number of carboxylic acid groups (broad SMARTS) is 1. The van der Waals surface area contributed by atoms with E-state index in [0.717, 1.165) is 18.6 Å². The number of carbonyl (C=O) groups excluding carboxylic acids is 1. The number of rotatable bonds is 4. The summed E-state index contributed by atoms with van der Waals surface area (Å²) >= 11 is 0. The van der Waals surface area contributed by atoms with Gasteiger partial charge in [-0.1, -0.05) is 12.5 Å². The van der Waals surface area contributed by atoms with Gasteiger partial charge < -0.3 is 10.4 Å². The van der Waals surface area contributed by atoms with E-state index in [2.05, 4.69) is 5.32 Å². The molecule has 0 spiro atoms. The Kier molecular flexibility index (Phi) is 3.93. The molecule has 2 N–H and O–H groups in total. The number of aliphatic carboxylic acids is 1. The predicted octanol–water partition coefficient (Wildman–Crippen LogP) is 3.29. The molecule has 21 heavy (non-hydrogen) atoms. The van der Waals surface area contributed by atoms with Crippen LogP contribution in [0.4, 0.5) is 18.9 Å². The van der Waals surface area contributed by atoms with Crippen molar-refractivity contribution < 1.29 is 27.9 Å². The highest BCUT2D eigenvalue weighted by Gasteiger charge is 2.45. The maximum Gasteiger partial charge on any atom is 0.416 e. The number of carbonyl (C=O) groups is 2. The van der Waals surface area contributed by atoms with Crippen molar-refractivity contribution in [1.82, 2.24) is 0 Å². The van der Waals surface area contributed by atoms with Crippen LogP contribution < -0.4 is 5.32 Å². The van der Waals surface area contributed by atoms with Gasteiger partial charge in [-0.15, -0.1) is 0 Å². The topological polar surface area (TPSA) is 66.4 Å². The number of hydrogen-bond donors (Lipinski definition) is 2. The van der Waals surface area contributed by atoms with Gasteiger partial charge in [0.05, 0.1) is 11.0 Å². The third kappa shape index (κ3) is 3.34. The van der Waals surface area contributed by atoms with E-state index in [0.29, 0.717) is 12.8 Å². The molecule has 0 unspecified atom stereocenters. The molecule has 0 atom stereocenters. The number of nitrogens with one attached hydrogen (secondary N) is 1. The number of halogens is 3. The molecule has 0 aromatic heterocycles. The van der Waals surface area contributed by atoms with E-state index in [9.17, 15) is 22.8 Å². The lowest BCUT2D eigenvalue weighted by atomic mass is 9.66. The Bertz CT molecular complexity index is 565. The minimum absolute atomic E-state index is 0.00897. The lowest BCUT2D eigenvalue weighted by Crippen LogP contribution is -2.41. The Labute approximate surface area is 119 Å². The highest BCUT2D eigenvalue weighted by molar-refractivity contribution is 5.94. The smallest absolute Gasteiger partial charge is 0.416 e. The van der Waals surface area contributed by atoms with Crippen LogP contribution >= 0.6 is 0 Å².